The Morgan fingerprint density at radius 3 is 2.92 bits per heavy atom. The van der Waals surface area contributed by atoms with Gasteiger partial charge in [-0.3, -0.25) is 4.99 Å². The van der Waals surface area contributed by atoms with Crippen molar-refractivity contribution < 1.29 is 4.52 Å². The summed E-state index contributed by atoms with van der Waals surface area (Å²) in [6.45, 7) is 5.15. The number of fused-ring (bicyclic) bond motifs is 1. The van der Waals surface area contributed by atoms with Crippen molar-refractivity contribution in [3.63, 3.8) is 0 Å². The van der Waals surface area contributed by atoms with Gasteiger partial charge < -0.3 is 20.1 Å². The first-order chi connectivity index (χ1) is 11.7. The molecule has 0 saturated carbocycles. The lowest BCUT2D eigenvalue weighted by Crippen LogP contribution is -2.38. The Balaban J connectivity index is 1.53. The van der Waals surface area contributed by atoms with Gasteiger partial charge >= 0.3 is 0 Å². The number of aromatic nitrogens is 3. The molecule has 0 spiro atoms. The zero-order valence-electron chi connectivity index (χ0n) is 14.2. The van der Waals surface area contributed by atoms with Crippen LogP contribution in [0.4, 0.5) is 0 Å². The van der Waals surface area contributed by atoms with Gasteiger partial charge in [0.25, 0.3) is 0 Å². The monoisotopic (exact) mass is 326 g/mol. The standard InChI is InChI=1S/C17H22N6O/c1-11-5-4-6-14-13(9-20-16(11)14)7-8-19-17(18-3)21-10-15-22-12(2)24-23-15/h4-6,9,20H,7-8,10H2,1-3H3,(H2,18,19,21). The lowest BCUT2D eigenvalue weighted by molar-refractivity contribution is 0.387. The van der Waals surface area contributed by atoms with Crippen LogP contribution in [0.15, 0.2) is 33.9 Å². The highest BCUT2D eigenvalue weighted by Crippen LogP contribution is 2.21. The normalized spacial score (nSPS) is 11.9. The molecule has 1 aromatic carbocycles. The molecule has 24 heavy (non-hydrogen) atoms. The molecule has 0 fully saturated rings. The Bertz CT molecular complexity index is 848. The lowest BCUT2D eigenvalue weighted by atomic mass is 10.1. The van der Waals surface area contributed by atoms with Crippen LogP contribution >= 0.6 is 0 Å². The Kier molecular flexibility index (Phi) is 4.79. The number of guanidine groups is 1. The van der Waals surface area contributed by atoms with E-state index in [1.54, 1.807) is 14.0 Å². The minimum absolute atomic E-state index is 0.475. The summed E-state index contributed by atoms with van der Waals surface area (Å²) in [6, 6.07) is 6.36. The van der Waals surface area contributed by atoms with Gasteiger partial charge in [-0.15, -0.1) is 0 Å². The lowest BCUT2D eigenvalue weighted by Gasteiger charge is -2.10. The second-order valence-electron chi connectivity index (χ2n) is 5.64. The van der Waals surface area contributed by atoms with Crippen molar-refractivity contribution in [2.75, 3.05) is 13.6 Å². The van der Waals surface area contributed by atoms with E-state index < -0.39 is 0 Å². The van der Waals surface area contributed by atoms with Gasteiger partial charge in [-0.05, 0) is 24.5 Å². The molecule has 2 aromatic heterocycles. The molecule has 0 radical (unpaired) electrons. The number of hydrogen-bond acceptors (Lipinski definition) is 4. The topological polar surface area (TPSA) is 91.1 Å². The van der Waals surface area contributed by atoms with Crippen LogP contribution in [0.1, 0.15) is 22.8 Å². The summed E-state index contributed by atoms with van der Waals surface area (Å²) in [5.74, 6) is 1.89. The molecule has 126 valence electrons. The summed E-state index contributed by atoms with van der Waals surface area (Å²) < 4.78 is 4.95. The predicted molar refractivity (Wildman–Crippen MR) is 94.0 cm³/mol. The van der Waals surface area contributed by atoms with E-state index in [1.807, 2.05) is 0 Å². The maximum Gasteiger partial charge on any atom is 0.223 e. The third kappa shape index (κ3) is 3.56. The Morgan fingerprint density at radius 1 is 1.29 bits per heavy atom. The molecular weight excluding hydrogens is 304 g/mol. The molecule has 0 aliphatic heterocycles. The zero-order chi connectivity index (χ0) is 16.9. The minimum atomic E-state index is 0.475. The van der Waals surface area contributed by atoms with E-state index >= 15 is 0 Å². The van der Waals surface area contributed by atoms with E-state index in [0.29, 0.717) is 24.2 Å². The molecular formula is C17H22N6O. The Morgan fingerprint density at radius 2 is 2.17 bits per heavy atom. The number of benzene rings is 1. The first-order valence-corrected chi connectivity index (χ1v) is 7.96. The SMILES string of the molecule is CN=C(NCCc1c[nH]c2c(C)cccc12)NCc1noc(C)n1. The highest BCUT2D eigenvalue weighted by Gasteiger charge is 2.06. The second-order valence-corrected chi connectivity index (χ2v) is 5.64. The van der Waals surface area contributed by atoms with Gasteiger partial charge in [0.05, 0.1) is 6.54 Å². The van der Waals surface area contributed by atoms with Gasteiger partial charge in [-0.25, -0.2) is 0 Å². The van der Waals surface area contributed by atoms with Crippen molar-refractivity contribution >= 4 is 16.9 Å². The fourth-order valence-electron chi connectivity index (χ4n) is 2.68. The van der Waals surface area contributed by atoms with Gasteiger partial charge in [0.1, 0.15) is 0 Å². The van der Waals surface area contributed by atoms with Gasteiger partial charge in [0.15, 0.2) is 11.8 Å². The average Bonchev–Trinajstić information content (AvgIpc) is 3.18. The van der Waals surface area contributed by atoms with Crippen molar-refractivity contribution in [1.29, 1.82) is 0 Å². The molecule has 3 rings (SSSR count). The van der Waals surface area contributed by atoms with Crippen molar-refractivity contribution in [3.05, 3.63) is 47.2 Å². The number of nitrogens with one attached hydrogen (secondary N) is 3. The molecule has 7 heteroatoms. The van der Waals surface area contributed by atoms with E-state index in [9.17, 15) is 0 Å². The number of aromatic amines is 1. The number of nitrogens with zero attached hydrogens (tertiary/aromatic N) is 3. The van der Waals surface area contributed by atoms with Crippen molar-refractivity contribution in [1.82, 2.24) is 25.8 Å². The van der Waals surface area contributed by atoms with Crippen LogP contribution in [0.2, 0.25) is 0 Å². The quantitative estimate of drug-likeness (QED) is 0.493. The summed E-state index contributed by atoms with van der Waals surface area (Å²) in [7, 11) is 1.74. The molecule has 0 aliphatic rings. The van der Waals surface area contributed by atoms with E-state index in [4.69, 9.17) is 4.52 Å². The number of aryl methyl sites for hydroxylation is 2. The maximum atomic E-state index is 4.95. The van der Waals surface area contributed by atoms with Crippen LogP contribution < -0.4 is 10.6 Å². The average molecular weight is 326 g/mol. The van der Waals surface area contributed by atoms with Gasteiger partial charge in [0, 0.05) is 37.6 Å². The predicted octanol–water partition coefficient (Wildman–Crippen LogP) is 2.08. The van der Waals surface area contributed by atoms with E-state index in [2.05, 4.69) is 62.1 Å². The zero-order valence-corrected chi connectivity index (χ0v) is 14.2. The number of rotatable bonds is 5. The molecule has 0 aliphatic carbocycles. The van der Waals surface area contributed by atoms with Crippen LogP contribution in [-0.2, 0) is 13.0 Å². The number of aliphatic imine (C=N–C) groups is 1. The molecule has 0 bridgehead atoms. The summed E-state index contributed by atoms with van der Waals surface area (Å²) in [4.78, 5) is 11.7. The largest absolute Gasteiger partial charge is 0.361 e. The maximum absolute atomic E-state index is 4.95. The Labute approximate surface area is 140 Å². The Hall–Kier alpha value is -2.83. The van der Waals surface area contributed by atoms with Gasteiger partial charge in [0.2, 0.25) is 5.89 Å². The molecule has 3 aromatic rings. The van der Waals surface area contributed by atoms with Gasteiger partial charge in [-0.1, -0.05) is 23.4 Å². The molecule has 0 amide bonds. The molecule has 0 unspecified atom stereocenters. The van der Waals surface area contributed by atoms with Crippen molar-refractivity contribution in [2.24, 2.45) is 4.99 Å². The highest BCUT2D eigenvalue weighted by atomic mass is 16.5. The van der Waals surface area contributed by atoms with Crippen LogP contribution in [0.5, 0.6) is 0 Å². The molecule has 3 N–H and O–H groups in total. The highest BCUT2D eigenvalue weighted by molar-refractivity contribution is 5.86. The fourth-order valence-corrected chi connectivity index (χ4v) is 2.68. The molecule has 0 saturated heterocycles. The first-order valence-electron chi connectivity index (χ1n) is 7.96. The summed E-state index contributed by atoms with van der Waals surface area (Å²) >= 11 is 0. The third-order valence-electron chi connectivity index (χ3n) is 3.90. The summed E-state index contributed by atoms with van der Waals surface area (Å²) in [6.07, 6.45) is 2.99. The number of H-pyrrole nitrogens is 1. The first kappa shape index (κ1) is 16.0. The van der Waals surface area contributed by atoms with Crippen LogP contribution in [0.3, 0.4) is 0 Å². The molecule has 0 atom stereocenters. The summed E-state index contributed by atoms with van der Waals surface area (Å²) in [5, 5.41) is 11.6. The van der Waals surface area contributed by atoms with Crippen molar-refractivity contribution in [2.45, 2.75) is 26.8 Å². The van der Waals surface area contributed by atoms with Crippen LogP contribution in [0.25, 0.3) is 10.9 Å². The molecule has 2 heterocycles. The minimum Gasteiger partial charge on any atom is -0.361 e. The second kappa shape index (κ2) is 7.16. The fraction of sp³-hybridized carbons (Fsp3) is 0.353. The molecule has 7 nitrogen and oxygen atoms in total. The van der Waals surface area contributed by atoms with E-state index in [1.165, 1.54) is 22.0 Å². The van der Waals surface area contributed by atoms with Crippen LogP contribution in [0, 0.1) is 13.8 Å². The third-order valence-corrected chi connectivity index (χ3v) is 3.90. The van der Waals surface area contributed by atoms with E-state index in [0.717, 1.165) is 13.0 Å². The van der Waals surface area contributed by atoms with E-state index in [-0.39, 0.29) is 0 Å². The number of para-hydroxylation sites is 1. The van der Waals surface area contributed by atoms with Crippen molar-refractivity contribution in [3.8, 4) is 0 Å². The van der Waals surface area contributed by atoms with Crippen LogP contribution in [-0.4, -0.2) is 34.7 Å². The smallest absolute Gasteiger partial charge is 0.223 e. The summed E-state index contributed by atoms with van der Waals surface area (Å²) in [5.41, 5.74) is 3.77. The van der Waals surface area contributed by atoms with Gasteiger partial charge in [-0.2, -0.15) is 4.98 Å². The number of hydrogen-bond donors (Lipinski definition) is 3.